The lowest BCUT2D eigenvalue weighted by Gasteiger charge is -2.24. The maximum Gasteiger partial charge on any atom is 0.238 e. The van der Waals surface area contributed by atoms with Crippen LogP contribution in [0.1, 0.15) is 37.8 Å². The molecule has 2 aliphatic rings. The molecular weight excluding hydrogens is 368 g/mol. The summed E-state index contributed by atoms with van der Waals surface area (Å²) in [6.07, 6.45) is 3.01. The van der Waals surface area contributed by atoms with E-state index >= 15 is 0 Å². The first kappa shape index (κ1) is 19.6. The fraction of sp³-hybridized carbons (Fsp3) is 0.435. The fourth-order valence-electron chi connectivity index (χ4n) is 3.97. The molecule has 1 fully saturated rings. The van der Waals surface area contributed by atoms with Crippen LogP contribution in [-0.4, -0.2) is 43.7 Å². The van der Waals surface area contributed by atoms with Gasteiger partial charge in [-0.2, -0.15) is 0 Å². The summed E-state index contributed by atoms with van der Waals surface area (Å²) in [6, 6.07) is 14.0. The molecule has 6 heteroatoms. The first-order valence-electron chi connectivity index (χ1n) is 10.4. The van der Waals surface area contributed by atoms with Crippen LogP contribution >= 0.6 is 0 Å². The van der Waals surface area contributed by atoms with Gasteiger partial charge in [-0.05, 0) is 56.1 Å². The smallest absolute Gasteiger partial charge is 0.238 e. The van der Waals surface area contributed by atoms with Crippen LogP contribution in [0.5, 0.6) is 17.2 Å². The van der Waals surface area contributed by atoms with Gasteiger partial charge < -0.3 is 19.5 Å². The maximum atomic E-state index is 12.7. The van der Waals surface area contributed by atoms with Gasteiger partial charge in [-0.15, -0.1) is 0 Å². The third-order valence-electron chi connectivity index (χ3n) is 5.32. The van der Waals surface area contributed by atoms with Gasteiger partial charge in [0.05, 0.1) is 26.4 Å². The van der Waals surface area contributed by atoms with Gasteiger partial charge in [0.15, 0.2) is 11.5 Å². The molecule has 1 saturated heterocycles. The summed E-state index contributed by atoms with van der Waals surface area (Å²) in [7, 11) is 0. The van der Waals surface area contributed by atoms with Crippen LogP contribution in [0.2, 0.25) is 0 Å². The summed E-state index contributed by atoms with van der Waals surface area (Å²) in [5.74, 6) is 2.29. The van der Waals surface area contributed by atoms with E-state index in [0.717, 1.165) is 43.0 Å². The van der Waals surface area contributed by atoms with Crippen LogP contribution in [0.4, 0.5) is 5.69 Å². The van der Waals surface area contributed by atoms with Crippen molar-refractivity contribution in [3.05, 3.63) is 48.0 Å². The van der Waals surface area contributed by atoms with Gasteiger partial charge in [-0.25, -0.2) is 0 Å². The third-order valence-corrected chi connectivity index (χ3v) is 5.32. The van der Waals surface area contributed by atoms with E-state index in [2.05, 4.69) is 22.3 Å². The number of nitrogens with one attached hydrogen (secondary N) is 1. The molecular formula is C23H28N2O4. The van der Waals surface area contributed by atoms with E-state index in [1.807, 2.05) is 37.3 Å². The molecule has 6 nitrogen and oxygen atoms in total. The van der Waals surface area contributed by atoms with Gasteiger partial charge in [-0.1, -0.05) is 12.1 Å². The van der Waals surface area contributed by atoms with Crippen LogP contribution in [0.25, 0.3) is 0 Å². The Morgan fingerprint density at radius 3 is 2.69 bits per heavy atom. The lowest BCUT2D eigenvalue weighted by molar-refractivity contribution is -0.117. The number of likely N-dealkylation sites (tertiary alicyclic amines) is 1. The number of benzene rings is 2. The standard InChI is InChI=1S/C23H28N2O4/c1-2-27-19-9-6-17(7-10-19)20-5-3-12-25(20)16-23(26)24-18-8-11-21-22(15-18)29-14-4-13-28-21/h6-11,15,20H,2-5,12-14,16H2,1H3,(H,24,26). The number of carbonyl (C=O) groups excluding carboxylic acids is 1. The van der Waals surface area contributed by atoms with Crippen molar-refractivity contribution in [1.82, 2.24) is 4.90 Å². The minimum atomic E-state index is -0.0164. The number of nitrogens with zero attached hydrogens (tertiary/aromatic N) is 1. The van der Waals surface area contributed by atoms with Crippen molar-refractivity contribution in [2.75, 3.05) is 38.2 Å². The second kappa shape index (κ2) is 9.18. The molecule has 0 aromatic heterocycles. The molecule has 154 valence electrons. The number of hydrogen-bond donors (Lipinski definition) is 1. The molecule has 0 spiro atoms. The van der Waals surface area contributed by atoms with Crippen molar-refractivity contribution in [3.63, 3.8) is 0 Å². The summed E-state index contributed by atoms with van der Waals surface area (Å²) in [6.45, 7) is 5.21. The molecule has 4 rings (SSSR count). The molecule has 2 aromatic rings. The van der Waals surface area contributed by atoms with Crippen molar-refractivity contribution in [3.8, 4) is 17.2 Å². The highest BCUT2D eigenvalue weighted by molar-refractivity contribution is 5.92. The number of anilines is 1. The Morgan fingerprint density at radius 2 is 1.90 bits per heavy atom. The van der Waals surface area contributed by atoms with E-state index in [9.17, 15) is 4.79 Å². The van der Waals surface area contributed by atoms with E-state index in [1.54, 1.807) is 0 Å². The number of rotatable bonds is 6. The second-order valence-corrected chi connectivity index (χ2v) is 7.39. The number of amides is 1. The lowest BCUT2D eigenvalue weighted by atomic mass is 10.0. The number of fused-ring (bicyclic) bond motifs is 1. The zero-order valence-electron chi connectivity index (χ0n) is 16.9. The molecule has 2 heterocycles. The summed E-state index contributed by atoms with van der Waals surface area (Å²) in [5, 5.41) is 3.00. The molecule has 2 aliphatic heterocycles. The molecule has 0 aliphatic carbocycles. The Morgan fingerprint density at radius 1 is 1.10 bits per heavy atom. The molecule has 29 heavy (non-hydrogen) atoms. The van der Waals surface area contributed by atoms with Crippen LogP contribution in [0, 0.1) is 0 Å². The minimum Gasteiger partial charge on any atom is -0.494 e. The Kier molecular flexibility index (Phi) is 6.20. The summed E-state index contributed by atoms with van der Waals surface area (Å²) < 4.78 is 16.9. The minimum absolute atomic E-state index is 0.0164. The monoisotopic (exact) mass is 396 g/mol. The number of ether oxygens (including phenoxy) is 3. The van der Waals surface area contributed by atoms with Crippen molar-refractivity contribution in [2.45, 2.75) is 32.2 Å². The van der Waals surface area contributed by atoms with Crippen molar-refractivity contribution >= 4 is 11.6 Å². The maximum absolute atomic E-state index is 12.7. The highest BCUT2D eigenvalue weighted by Gasteiger charge is 2.27. The fourth-order valence-corrected chi connectivity index (χ4v) is 3.97. The van der Waals surface area contributed by atoms with Crippen LogP contribution in [-0.2, 0) is 4.79 Å². The van der Waals surface area contributed by atoms with E-state index in [-0.39, 0.29) is 11.9 Å². The van der Waals surface area contributed by atoms with Gasteiger partial charge >= 0.3 is 0 Å². The number of carbonyl (C=O) groups is 1. The van der Waals surface area contributed by atoms with E-state index in [0.29, 0.717) is 32.1 Å². The zero-order valence-corrected chi connectivity index (χ0v) is 16.9. The van der Waals surface area contributed by atoms with E-state index in [4.69, 9.17) is 14.2 Å². The topological polar surface area (TPSA) is 60.0 Å². The first-order valence-corrected chi connectivity index (χ1v) is 10.4. The quantitative estimate of drug-likeness (QED) is 0.799. The molecule has 0 saturated carbocycles. The van der Waals surface area contributed by atoms with Crippen LogP contribution in [0.3, 0.4) is 0 Å². The molecule has 1 N–H and O–H groups in total. The van der Waals surface area contributed by atoms with E-state index in [1.165, 1.54) is 5.56 Å². The Hall–Kier alpha value is -2.73. The molecule has 1 amide bonds. The normalized spacial score (nSPS) is 18.9. The summed E-state index contributed by atoms with van der Waals surface area (Å²) >= 11 is 0. The molecule has 1 atom stereocenters. The first-order chi connectivity index (χ1) is 14.2. The second-order valence-electron chi connectivity index (χ2n) is 7.39. The highest BCUT2D eigenvalue weighted by Crippen LogP contribution is 2.34. The van der Waals surface area contributed by atoms with Crippen molar-refractivity contribution in [1.29, 1.82) is 0 Å². The summed E-state index contributed by atoms with van der Waals surface area (Å²) in [5.41, 5.74) is 1.96. The predicted molar refractivity (Wildman–Crippen MR) is 112 cm³/mol. The Bertz CT molecular complexity index is 837. The lowest BCUT2D eigenvalue weighted by Crippen LogP contribution is -2.32. The number of hydrogen-bond acceptors (Lipinski definition) is 5. The average Bonchev–Trinajstić information content (AvgIpc) is 3.04. The molecule has 0 bridgehead atoms. The SMILES string of the molecule is CCOc1ccc(C2CCCN2CC(=O)Nc2ccc3c(c2)OCCCO3)cc1. The molecule has 2 aromatic carbocycles. The van der Waals surface area contributed by atoms with Crippen LogP contribution in [0.15, 0.2) is 42.5 Å². The van der Waals surface area contributed by atoms with Crippen molar-refractivity contribution in [2.24, 2.45) is 0 Å². The average molecular weight is 396 g/mol. The van der Waals surface area contributed by atoms with Gasteiger partial charge in [-0.3, -0.25) is 9.69 Å². The predicted octanol–water partition coefficient (Wildman–Crippen LogP) is 4.02. The Labute approximate surface area is 171 Å². The largest absolute Gasteiger partial charge is 0.494 e. The summed E-state index contributed by atoms with van der Waals surface area (Å²) in [4.78, 5) is 14.9. The van der Waals surface area contributed by atoms with Crippen molar-refractivity contribution < 1.29 is 19.0 Å². The Balaban J connectivity index is 1.38. The van der Waals surface area contributed by atoms with Gasteiger partial charge in [0, 0.05) is 24.2 Å². The van der Waals surface area contributed by atoms with Crippen LogP contribution < -0.4 is 19.5 Å². The highest BCUT2D eigenvalue weighted by atomic mass is 16.5. The van der Waals surface area contributed by atoms with E-state index < -0.39 is 0 Å². The third kappa shape index (κ3) is 4.82. The van der Waals surface area contributed by atoms with Gasteiger partial charge in [0.1, 0.15) is 5.75 Å². The van der Waals surface area contributed by atoms with Gasteiger partial charge in [0.2, 0.25) is 5.91 Å². The zero-order chi connectivity index (χ0) is 20.1. The van der Waals surface area contributed by atoms with Gasteiger partial charge in [0.25, 0.3) is 0 Å². The molecule has 1 unspecified atom stereocenters. The molecule has 0 radical (unpaired) electrons.